The van der Waals surface area contributed by atoms with E-state index in [-0.39, 0.29) is 0 Å². The fraction of sp³-hybridized carbons (Fsp3) is 0.647. The molecule has 1 aromatic rings. The van der Waals surface area contributed by atoms with Gasteiger partial charge in [-0.2, -0.15) is 0 Å². The van der Waals surface area contributed by atoms with Crippen molar-refractivity contribution in [1.82, 2.24) is 5.32 Å². The molecule has 1 heteroatoms. The average molecular weight is 245 g/mol. The van der Waals surface area contributed by atoms with Crippen LogP contribution >= 0.6 is 0 Å². The quantitative estimate of drug-likeness (QED) is 0.781. The van der Waals surface area contributed by atoms with Gasteiger partial charge in [-0.1, -0.05) is 44.5 Å². The number of nitrogens with one attached hydrogen (secondary N) is 1. The molecule has 100 valence electrons. The van der Waals surface area contributed by atoms with Gasteiger partial charge in [0.2, 0.25) is 0 Å². The maximum atomic E-state index is 3.49. The van der Waals surface area contributed by atoms with E-state index in [1.165, 1.54) is 31.2 Å². The molecule has 1 aliphatic rings. The highest BCUT2D eigenvalue weighted by Gasteiger charge is 2.19. The largest absolute Gasteiger partial charge is 0.315 e. The van der Waals surface area contributed by atoms with Crippen LogP contribution in [0.4, 0.5) is 0 Å². The molecule has 0 radical (unpaired) electrons. The van der Waals surface area contributed by atoms with Gasteiger partial charge in [0.1, 0.15) is 0 Å². The molecule has 1 nitrogen and oxygen atoms in total. The molecule has 1 aromatic carbocycles. The van der Waals surface area contributed by atoms with Crippen molar-refractivity contribution in [2.24, 2.45) is 0 Å². The Bertz CT molecular complexity index is 350. The van der Waals surface area contributed by atoms with E-state index in [1.807, 2.05) is 0 Å². The summed E-state index contributed by atoms with van der Waals surface area (Å²) >= 11 is 0. The van der Waals surface area contributed by atoms with Crippen molar-refractivity contribution in [3.8, 4) is 0 Å². The number of hydrogen-bond acceptors (Lipinski definition) is 1. The number of rotatable bonds is 6. The van der Waals surface area contributed by atoms with Gasteiger partial charge >= 0.3 is 0 Å². The molecule has 1 aliphatic carbocycles. The van der Waals surface area contributed by atoms with Gasteiger partial charge in [-0.25, -0.2) is 0 Å². The second-order valence-corrected chi connectivity index (χ2v) is 5.89. The Kier molecular flexibility index (Phi) is 4.82. The van der Waals surface area contributed by atoms with E-state index in [2.05, 4.69) is 50.4 Å². The molecule has 1 fully saturated rings. The van der Waals surface area contributed by atoms with Gasteiger partial charge in [0.15, 0.2) is 0 Å². The summed E-state index contributed by atoms with van der Waals surface area (Å²) in [6.45, 7) is 7.86. The fourth-order valence-corrected chi connectivity index (χ4v) is 2.94. The van der Waals surface area contributed by atoms with E-state index in [0.717, 1.165) is 12.5 Å². The Labute approximate surface area is 112 Å². The van der Waals surface area contributed by atoms with Crippen molar-refractivity contribution < 1.29 is 0 Å². The lowest BCUT2D eigenvalue weighted by molar-refractivity contribution is 0.419. The van der Waals surface area contributed by atoms with E-state index >= 15 is 0 Å². The summed E-state index contributed by atoms with van der Waals surface area (Å²) in [5.41, 5.74) is 3.04. The topological polar surface area (TPSA) is 12.0 Å². The lowest BCUT2D eigenvalue weighted by Crippen LogP contribution is -2.26. The first kappa shape index (κ1) is 13.6. The minimum Gasteiger partial charge on any atom is -0.315 e. The lowest BCUT2D eigenvalue weighted by Gasteiger charge is -2.26. The van der Waals surface area contributed by atoms with Crippen LogP contribution in [0.25, 0.3) is 0 Å². The standard InChI is InChI=1S/C17H27N/c1-4-18-14(3)12-13(2)15-8-10-17(11-9-15)16-6-5-7-16/h8-11,13-14,16,18H,4-7,12H2,1-3H3. The minimum atomic E-state index is 0.608. The second kappa shape index (κ2) is 6.38. The number of hydrogen-bond donors (Lipinski definition) is 1. The average Bonchev–Trinajstić information content (AvgIpc) is 2.27. The molecule has 1 N–H and O–H groups in total. The summed E-state index contributed by atoms with van der Waals surface area (Å²) in [5, 5.41) is 3.49. The molecule has 2 unspecified atom stereocenters. The van der Waals surface area contributed by atoms with Crippen LogP contribution in [0, 0.1) is 0 Å². The van der Waals surface area contributed by atoms with E-state index in [9.17, 15) is 0 Å². The van der Waals surface area contributed by atoms with Crippen molar-refractivity contribution in [2.45, 2.75) is 64.3 Å². The van der Waals surface area contributed by atoms with Crippen molar-refractivity contribution in [3.63, 3.8) is 0 Å². The zero-order chi connectivity index (χ0) is 13.0. The molecule has 2 rings (SSSR count). The molecule has 0 amide bonds. The van der Waals surface area contributed by atoms with Crippen molar-refractivity contribution in [3.05, 3.63) is 35.4 Å². The summed E-state index contributed by atoms with van der Waals surface area (Å²) < 4.78 is 0. The van der Waals surface area contributed by atoms with Gasteiger partial charge in [-0.15, -0.1) is 0 Å². The molecule has 0 heterocycles. The predicted molar refractivity (Wildman–Crippen MR) is 79.2 cm³/mol. The smallest absolute Gasteiger partial charge is 0.00443 e. The fourth-order valence-electron chi connectivity index (χ4n) is 2.94. The van der Waals surface area contributed by atoms with Crippen molar-refractivity contribution in [1.29, 1.82) is 0 Å². The van der Waals surface area contributed by atoms with Crippen molar-refractivity contribution in [2.75, 3.05) is 6.54 Å². The normalized spacial score (nSPS) is 19.3. The summed E-state index contributed by atoms with van der Waals surface area (Å²) in [6, 6.07) is 10.0. The summed E-state index contributed by atoms with van der Waals surface area (Å²) in [7, 11) is 0. The maximum Gasteiger partial charge on any atom is 0.00443 e. The third-order valence-corrected chi connectivity index (χ3v) is 4.34. The molecular weight excluding hydrogens is 218 g/mol. The highest BCUT2D eigenvalue weighted by molar-refractivity contribution is 5.28. The van der Waals surface area contributed by atoms with Gasteiger partial charge in [0.25, 0.3) is 0 Å². The van der Waals surface area contributed by atoms with E-state index in [1.54, 1.807) is 5.56 Å². The van der Waals surface area contributed by atoms with Gasteiger partial charge in [0.05, 0.1) is 0 Å². The molecule has 18 heavy (non-hydrogen) atoms. The Morgan fingerprint density at radius 2 is 1.83 bits per heavy atom. The van der Waals surface area contributed by atoms with Gasteiger partial charge in [0, 0.05) is 6.04 Å². The van der Waals surface area contributed by atoms with Crippen LogP contribution in [-0.2, 0) is 0 Å². The maximum absolute atomic E-state index is 3.49. The van der Waals surface area contributed by atoms with Gasteiger partial charge < -0.3 is 5.32 Å². The first-order valence-corrected chi connectivity index (χ1v) is 7.54. The molecule has 0 aromatic heterocycles. The van der Waals surface area contributed by atoms with Crippen LogP contribution < -0.4 is 5.32 Å². The van der Waals surface area contributed by atoms with E-state index in [0.29, 0.717) is 12.0 Å². The molecule has 1 saturated carbocycles. The predicted octanol–water partition coefficient (Wildman–Crippen LogP) is 4.45. The summed E-state index contributed by atoms with van der Waals surface area (Å²) in [4.78, 5) is 0. The molecular formula is C17H27N. The van der Waals surface area contributed by atoms with Crippen molar-refractivity contribution >= 4 is 0 Å². The van der Waals surface area contributed by atoms with Crippen LogP contribution in [0.15, 0.2) is 24.3 Å². The SMILES string of the molecule is CCNC(C)CC(C)c1ccc(C2CCC2)cc1. The first-order chi connectivity index (χ1) is 8.70. The zero-order valence-corrected chi connectivity index (χ0v) is 12.1. The third-order valence-electron chi connectivity index (χ3n) is 4.34. The Morgan fingerprint density at radius 3 is 2.33 bits per heavy atom. The van der Waals surface area contributed by atoms with Crippen LogP contribution in [0.2, 0.25) is 0 Å². The molecule has 0 spiro atoms. The zero-order valence-electron chi connectivity index (χ0n) is 12.1. The third kappa shape index (κ3) is 3.35. The van der Waals surface area contributed by atoms with Gasteiger partial charge in [-0.3, -0.25) is 0 Å². The minimum absolute atomic E-state index is 0.608. The Morgan fingerprint density at radius 1 is 1.17 bits per heavy atom. The summed E-state index contributed by atoms with van der Waals surface area (Å²) in [5.74, 6) is 1.50. The van der Waals surface area contributed by atoms with E-state index in [4.69, 9.17) is 0 Å². The first-order valence-electron chi connectivity index (χ1n) is 7.54. The second-order valence-electron chi connectivity index (χ2n) is 5.89. The van der Waals surface area contributed by atoms with Crippen LogP contribution in [0.3, 0.4) is 0 Å². The highest BCUT2D eigenvalue weighted by atomic mass is 14.9. The van der Waals surface area contributed by atoms with Crippen LogP contribution in [0.1, 0.15) is 69.4 Å². The van der Waals surface area contributed by atoms with Crippen LogP contribution in [0.5, 0.6) is 0 Å². The Hall–Kier alpha value is -0.820. The molecule has 0 aliphatic heterocycles. The van der Waals surface area contributed by atoms with Gasteiger partial charge in [-0.05, 0) is 55.7 Å². The molecule has 2 atom stereocenters. The molecule has 0 bridgehead atoms. The summed E-state index contributed by atoms with van der Waals surface area (Å²) in [6.07, 6.45) is 5.43. The van der Waals surface area contributed by atoms with Crippen LogP contribution in [-0.4, -0.2) is 12.6 Å². The number of benzene rings is 1. The monoisotopic (exact) mass is 245 g/mol. The highest BCUT2D eigenvalue weighted by Crippen LogP contribution is 2.36. The Balaban J connectivity index is 1.91. The molecule has 0 saturated heterocycles. The lowest BCUT2D eigenvalue weighted by atomic mass is 9.79. The van der Waals surface area contributed by atoms with E-state index < -0.39 is 0 Å².